The van der Waals surface area contributed by atoms with E-state index in [0.29, 0.717) is 5.16 Å². The van der Waals surface area contributed by atoms with Crippen molar-refractivity contribution in [3.05, 3.63) is 35.9 Å². The molecule has 0 spiro atoms. The molecule has 0 radical (unpaired) electrons. The topological polar surface area (TPSA) is 3.24 Å². The summed E-state index contributed by atoms with van der Waals surface area (Å²) in [6, 6.07) is 10.6. The highest BCUT2D eigenvalue weighted by Gasteiger charge is 2.13. The standard InChI is InChI=1S/C12H20NP/c1-12(2,3)14-13(4)10-11-8-6-5-7-9-11/h5-9,14H,10H2,1-4H3. The molecule has 0 aliphatic carbocycles. The van der Waals surface area contributed by atoms with Crippen LogP contribution >= 0.6 is 8.73 Å². The van der Waals surface area contributed by atoms with Gasteiger partial charge in [0, 0.05) is 6.54 Å². The first-order valence-corrected chi connectivity index (χ1v) is 5.95. The SMILES string of the molecule is CN(Cc1ccccc1)PC(C)(C)C. The van der Waals surface area contributed by atoms with Crippen LogP contribution in [0, 0.1) is 0 Å². The maximum atomic E-state index is 2.40. The Labute approximate surface area is 89.4 Å². The predicted molar refractivity (Wildman–Crippen MR) is 66.0 cm³/mol. The zero-order chi connectivity index (χ0) is 10.6. The molecule has 0 amide bonds. The third-order valence-corrected chi connectivity index (χ3v) is 3.00. The van der Waals surface area contributed by atoms with E-state index in [2.05, 4.69) is 62.8 Å². The molecule has 78 valence electrons. The highest BCUT2D eigenvalue weighted by Crippen LogP contribution is 2.33. The van der Waals surface area contributed by atoms with Crippen LogP contribution in [-0.4, -0.2) is 16.9 Å². The third-order valence-electron chi connectivity index (χ3n) is 1.79. The van der Waals surface area contributed by atoms with Gasteiger partial charge in [-0.2, -0.15) is 0 Å². The van der Waals surface area contributed by atoms with Crippen LogP contribution in [0.2, 0.25) is 0 Å². The first-order valence-electron chi connectivity index (χ1n) is 5.00. The molecule has 0 saturated heterocycles. The van der Waals surface area contributed by atoms with Gasteiger partial charge in [-0.15, -0.1) is 0 Å². The maximum absolute atomic E-state index is 2.40. The van der Waals surface area contributed by atoms with Crippen molar-refractivity contribution in [2.75, 3.05) is 7.05 Å². The van der Waals surface area contributed by atoms with Gasteiger partial charge in [-0.25, -0.2) is 0 Å². The molecular weight excluding hydrogens is 189 g/mol. The van der Waals surface area contributed by atoms with E-state index in [0.717, 1.165) is 15.3 Å². The molecule has 0 fully saturated rings. The van der Waals surface area contributed by atoms with Gasteiger partial charge in [0.2, 0.25) is 0 Å². The maximum Gasteiger partial charge on any atom is 0.0267 e. The van der Waals surface area contributed by atoms with Crippen LogP contribution < -0.4 is 0 Å². The van der Waals surface area contributed by atoms with Crippen molar-refractivity contribution < 1.29 is 0 Å². The molecule has 1 unspecified atom stereocenters. The molecule has 14 heavy (non-hydrogen) atoms. The summed E-state index contributed by atoms with van der Waals surface area (Å²) in [5, 5.41) is 0.406. The minimum absolute atomic E-state index is 0.406. The lowest BCUT2D eigenvalue weighted by Gasteiger charge is -2.26. The van der Waals surface area contributed by atoms with Crippen LogP contribution in [0.3, 0.4) is 0 Å². The van der Waals surface area contributed by atoms with Crippen molar-refractivity contribution in [2.24, 2.45) is 0 Å². The average molecular weight is 209 g/mol. The molecule has 1 aromatic carbocycles. The molecule has 2 heteroatoms. The Bertz CT molecular complexity index is 263. The van der Waals surface area contributed by atoms with Crippen LogP contribution in [-0.2, 0) is 6.54 Å². The van der Waals surface area contributed by atoms with Gasteiger partial charge < -0.3 is 0 Å². The minimum Gasteiger partial charge on any atom is -0.283 e. The van der Waals surface area contributed by atoms with Crippen molar-refractivity contribution in [2.45, 2.75) is 32.5 Å². The zero-order valence-electron chi connectivity index (χ0n) is 9.54. The van der Waals surface area contributed by atoms with E-state index in [9.17, 15) is 0 Å². The summed E-state index contributed by atoms with van der Waals surface area (Å²) >= 11 is 0. The van der Waals surface area contributed by atoms with Gasteiger partial charge in [-0.3, -0.25) is 4.67 Å². The molecule has 1 rings (SSSR count). The van der Waals surface area contributed by atoms with E-state index in [1.165, 1.54) is 5.56 Å². The molecule has 1 aromatic rings. The monoisotopic (exact) mass is 209 g/mol. The Morgan fingerprint density at radius 2 is 1.71 bits per heavy atom. The van der Waals surface area contributed by atoms with Crippen molar-refractivity contribution >= 4 is 8.73 Å². The summed E-state index contributed by atoms with van der Waals surface area (Å²) in [5.74, 6) is 0. The fraction of sp³-hybridized carbons (Fsp3) is 0.500. The minimum atomic E-state index is 0.406. The molecule has 0 aliphatic heterocycles. The van der Waals surface area contributed by atoms with E-state index in [1.807, 2.05) is 0 Å². The Hall–Kier alpha value is -0.390. The summed E-state index contributed by atoms with van der Waals surface area (Å²) in [4.78, 5) is 0. The normalized spacial score (nSPS) is 12.9. The Balaban J connectivity index is 2.46. The van der Waals surface area contributed by atoms with E-state index in [1.54, 1.807) is 0 Å². The lowest BCUT2D eigenvalue weighted by molar-refractivity contribution is 0.537. The van der Waals surface area contributed by atoms with Crippen molar-refractivity contribution in [1.82, 2.24) is 4.67 Å². The van der Waals surface area contributed by atoms with Crippen LogP contribution in [0.5, 0.6) is 0 Å². The van der Waals surface area contributed by atoms with Crippen molar-refractivity contribution in [1.29, 1.82) is 0 Å². The van der Waals surface area contributed by atoms with Gasteiger partial charge in [0.15, 0.2) is 0 Å². The molecular formula is C12H20NP. The molecule has 0 bridgehead atoms. The third kappa shape index (κ3) is 4.74. The number of hydrogen-bond donors (Lipinski definition) is 0. The van der Waals surface area contributed by atoms with Crippen LogP contribution in [0.1, 0.15) is 26.3 Å². The molecule has 0 N–H and O–H groups in total. The Kier molecular flexibility index (Phi) is 4.10. The smallest absolute Gasteiger partial charge is 0.0267 e. The zero-order valence-corrected chi connectivity index (χ0v) is 10.5. The van der Waals surface area contributed by atoms with Gasteiger partial charge in [0.25, 0.3) is 0 Å². The fourth-order valence-corrected chi connectivity index (χ4v) is 2.88. The van der Waals surface area contributed by atoms with E-state index >= 15 is 0 Å². The van der Waals surface area contributed by atoms with Gasteiger partial charge in [0.1, 0.15) is 0 Å². The second-order valence-corrected chi connectivity index (χ2v) is 7.19. The van der Waals surface area contributed by atoms with Crippen molar-refractivity contribution in [3.63, 3.8) is 0 Å². The largest absolute Gasteiger partial charge is 0.283 e. The first kappa shape index (κ1) is 11.7. The molecule has 0 aliphatic rings. The summed E-state index contributed by atoms with van der Waals surface area (Å²) in [6.45, 7) is 7.91. The number of benzene rings is 1. The first-order chi connectivity index (χ1) is 6.47. The summed E-state index contributed by atoms with van der Waals surface area (Å²) in [5.41, 5.74) is 1.40. The summed E-state index contributed by atoms with van der Waals surface area (Å²) in [6.07, 6.45) is 0. The van der Waals surface area contributed by atoms with E-state index in [-0.39, 0.29) is 0 Å². The average Bonchev–Trinajstić information content (AvgIpc) is 2.02. The fourth-order valence-electron chi connectivity index (χ4n) is 1.47. The lowest BCUT2D eigenvalue weighted by Crippen LogP contribution is -2.16. The predicted octanol–water partition coefficient (Wildman–Crippen LogP) is 3.51. The summed E-state index contributed by atoms with van der Waals surface area (Å²) < 4.78 is 2.40. The number of rotatable bonds is 3. The van der Waals surface area contributed by atoms with Gasteiger partial charge in [-0.1, -0.05) is 51.1 Å². The van der Waals surface area contributed by atoms with E-state index < -0.39 is 0 Å². The van der Waals surface area contributed by atoms with Crippen LogP contribution in [0.4, 0.5) is 0 Å². The van der Waals surface area contributed by atoms with Crippen molar-refractivity contribution in [3.8, 4) is 0 Å². The van der Waals surface area contributed by atoms with Crippen LogP contribution in [0.15, 0.2) is 30.3 Å². The molecule has 0 saturated carbocycles. The second-order valence-electron chi connectivity index (χ2n) is 4.70. The van der Waals surface area contributed by atoms with Gasteiger partial charge in [-0.05, 0) is 26.5 Å². The van der Waals surface area contributed by atoms with Gasteiger partial charge in [0.05, 0.1) is 0 Å². The molecule has 1 nitrogen and oxygen atoms in total. The summed E-state index contributed by atoms with van der Waals surface area (Å²) in [7, 11) is 3.07. The molecule has 0 heterocycles. The lowest BCUT2D eigenvalue weighted by atomic mass is 10.2. The Morgan fingerprint density at radius 3 is 2.21 bits per heavy atom. The van der Waals surface area contributed by atoms with E-state index in [4.69, 9.17) is 0 Å². The second kappa shape index (κ2) is 4.91. The Morgan fingerprint density at radius 1 is 1.14 bits per heavy atom. The molecule has 0 aromatic heterocycles. The highest BCUT2D eigenvalue weighted by atomic mass is 31.1. The number of hydrogen-bond acceptors (Lipinski definition) is 1. The van der Waals surface area contributed by atoms with Gasteiger partial charge >= 0.3 is 0 Å². The quantitative estimate of drug-likeness (QED) is 0.688. The number of nitrogens with zero attached hydrogens (tertiary/aromatic N) is 1. The highest BCUT2D eigenvalue weighted by molar-refractivity contribution is 7.37. The molecule has 1 atom stereocenters. The van der Waals surface area contributed by atoms with Crippen LogP contribution in [0.25, 0.3) is 0 Å².